The van der Waals surface area contributed by atoms with E-state index in [1.807, 2.05) is 30.1 Å². The number of nitrogens with zero attached hydrogens (tertiary/aromatic N) is 3. The van der Waals surface area contributed by atoms with Crippen LogP contribution in [0.25, 0.3) is 0 Å². The number of hydrogen-bond acceptors (Lipinski definition) is 5. The molecule has 0 radical (unpaired) electrons. The summed E-state index contributed by atoms with van der Waals surface area (Å²) in [6.45, 7) is 6.21. The second-order valence-electron chi connectivity index (χ2n) is 8.43. The predicted octanol–water partition coefficient (Wildman–Crippen LogP) is 2.65. The first-order valence-electron chi connectivity index (χ1n) is 11.2. The van der Waals surface area contributed by atoms with Crippen molar-refractivity contribution in [3.05, 3.63) is 24.3 Å². The average molecular weight is 433 g/mol. The van der Waals surface area contributed by atoms with Crippen molar-refractivity contribution in [2.24, 2.45) is 0 Å². The quantitative estimate of drug-likeness (QED) is 0.717. The lowest BCUT2D eigenvalue weighted by atomic mass is 9.98. The van der Waals surface area contributed by atoms with Gasteiger partial charge in [0.25, 0.3) is 0 Å². The van der Waals surface area contributed by atoms with E-state index in [0.717, 1.165) is 58.5 Å². The Morgan fingerprint density at radius 1 is 1.19 bits per heavy atom. The molecule has 2 heterocycles. The number of ether oxygens (including phenoxy) is 2. The summed E-state index contributed by atoms with van der Waals surface area (Å²) in [7, 11) is 3.43. The highest BCUT2D eigenvalue weighted by molar-refractivity contribution is 5.89. The van der Waals surface area contributed by atoms with Crippen LogP contribution in [0.1, 0.15) is 32.6 Å². The molecule has 0 aromatic heterocycles. The largest absolute Gasteiger partial charge is 0.497 e. The Hall–Kier alpha value is -2.32. The second-order valence-corrected chi connectivity index (χ2v) is 8.43. The van der Waals surface area contributed by atoms with Gasteiger partial charge in [-0.15, -0.1) is 0 Å². The summed E-state index contributed by atoms with van der Waals surface area (Å²) >= 11 is 0. The Morgan fingerprint density at radius 3 is 2.68 bits per heavy atom. The first-order valence-corrected chi connectivity index (χ1v) is 11.2. The van der Waals surface area contributed by atoms with Crippen LogP contribution in [-0.2, 0) is 9.53 Å². The minimum Gasteiger partial charge on any atom is -0.497 e. The van der Waals surface area contributed by atoms with E-state index < -0.39 is 0 Å². The van der Waals surface area contributed by atoms with Gasteiger partial charge >= 0.3 is 6.03 Å². The van der Waals surface area contributed by atoms with Crippen LogP contribution < -0.4 is 10.1 Å². The number of hydrogen-bond donors (Lipinski definition) is 1. The van der Waals surface area contributed by atoms with Gasteiger partial charge in [-0.1, -0.05) is 6.07 Å². The summed E-state index contributed by atoms with van der Waals surface area (Å²) in [5, 5.41) is 2.94. The van der Waals surface area contributed by atoms with Crippen LogP contribution >= 0.6 is 0 Å². The van der Waals surface area contributed by atoms with Crippen molar-refractivity contribution in [1.29, 1.82) is 0 Å². The molecule has 3 amide bonds. The number of likely N-dealkylation sites (N-methyl/N-ethyl adjacent to an activating group) is 1. The highest BCUT2D eigenvalue weighted by Gasteiger charge is 2.32. The van der Waals surface area contributed by atoms with Crippen molar-refractivity contribution in [1.82, 2.24) is 14.7 Å². The third-order valence-corrected chi connectivity index (χ3v) is 6.33. The van der Waals surface area contributed by atoms with E-state index in [2.05, 4.69) is 10.2 Å². The fraction of sp³-hybridized carbons (Fsp3) is 0.652. The predicted molar refractivity (Wildman–Crippen MR) is 120 cm³/mol. The number of rotatable bonds is 7. The number of methoxy groups -OCH3 is 1. The maximum atomic E-state index is 12.7. The zero-order valence-corrected chi connectivity index (χ0v) is 19.0. The third kappa shape index (κ3) is 6.58. The van der Waals surface area contributed by atoms with Crippen LogP contribution in [0.2, 0.25) is 0 Å². The summed E-state index contributed by atoms with van der Waals surface area (Å²) in [5.41, 5.74) is 0.710. The molecule has 1 aromatic rings. The van der Waals surface area contributed by atoms with Crippen molar-refractivity contribution in [3.63, 3.8) is 0 Å². The van der Waals surface area contributed by atoms with E-state index in [9.17, 15) is 9.59 Å². The van der Waals surface area contributed by atoms with Crippen LogP contribution in [0.3, 0.4) is 0 Å². The van der Waals surface area contributed by atoms with E-state index in [1.54, 1.807) is 25.0 Å². The zero-order chi connectivity index (χ0) is 22.2. The Labute approximate surface area is 185 Å². The van der Waals surface area contributed by atoms with E-state index in [-0.39, 0.29) is 11.9 Å². The topological polar surface area (TPSA) is 74.4 Å². The Morgan fingerprint density at radius 2 is 1.97 bits per heavy atom. The number of urea groups is 1. The molecule has 8 nitrogen and oxygen atoms in total. The van der Waals surface area contributed by atoms with Gasteiger partial charge in [0.2, 0.25) is 5.91 Å². The van der Waals surface area contributed by atoms with Gasteiger partial charge in [-0.3, -0.25) is 9.69 Å². The van der Waals surface area contributed by atoms with Crippen LogP contribution in [0.4, 0.5) is 10.5 Å². The molecule has 1 unspecified atom stereocenters. The van der Waals surface area contributed by atoms with Gasteiger partial charge in [0.1, 0.15) is 5.75 Å². The van der Waals surface area contributed by atoms with Crippen molar-refractivity contribution >= 4 is 17.6 Å². The van der Waals surface area contributed by atoms with Crippen molar-refractivity contribution in [2.75, 3.05) is 58.9 Å². The van der Waals surface area contributed by atoms with Crippen LogP contribution in [0.15, 0.2) is 24.3 Å². The number of likely N-dealkylation sites (tertiary alicyclic amines) is 1. The summed E-state index contributed by atoms with van der Waals surface area (Å²) in [6.07, 6.45) is 4.10. The minimum atomic E-state index is -0.144. The normalized spacial score (nSPS) is 19.9. The fourth-order valence-electron chi connectivity index (χ4n) is 4.48. The van der Waals surface area contributed by atoms with E-state index in [4.69, 9.17) is 9.47 Å². The molecule has 31 heavy (non-hydrogen) atoms. The molecular weight excluding hydrogens is 396 g/mol. The molecule has 2 aliphatic heterocycles. The highest BCUT2D eigenvalue weighted by atomic mass is 16.5. The third-order valence-electron chi connectivity index (χ3n) is 6.33. The number of piperidine rings is 1. The average Bonchev–Trinajstić information content (AvgIpc) is 2.80. The van der Waals surface area contributed by atoms with Gasteiger partial charge in [0.15, 0.2) is 0 Å². The lowest BCUT2D eigenvalue weighted by molar-refractivity contribution is -0.131. The first-order chi connectivity index (χ1) is 15.0. The molecule has 172 valence electrons. The van der Waals surface area contributed by atoms with Gasteiger partial charge in [-0.05, 0) is 37.8 Å². The van der Waals surface area contributed by atoms with Gasteiger partial charge < -0.3 is 24.6 Å². The van der Waals surface area contributed by atoms with Crippen molar-refractivity contribution in [2.45, 2.75) is 44.7 Å². The Kier molecular flexibility index (Phi) is 8.54. The number of benzene rings is 1. The molecule has 1 aromatic carbocycles. The number of anilines is 1. The molecule has 2 aliphatic rings. The van der Waals surface area contributed by atoms with Gasteiger partial charge in [0.05, 0.1) is 7.11 Å². The van der Waals surface area contributed by atoms with Crippen molar-refractivity contribution in [3.8, 4) is 5.75 Å². The molecule has 0 aliphatic carbocycles. The minimum absolute atomic E-state index is 0.144. The van der Waals surface area contributed by atoms with Gasteiger partial charge in [0, 0.05) is 77.2 Å². The SMILES string of the molecule is COc1cccc(NC(=O)N(C)CCN(C2CCOCC2)C2CCCN(C(C)=O)C2)c1. The van der Waals surface area contributed by atoms with Crippen molar-refractivity contribution < 1.29 is 19.1 Å². The molecule has 3 rings (SSSR count). The monoisotopic (exact) mass is 432 g/mol. The summed E-state index contributed by atoms with van der Waals surface area (Å²) in [6, 6.07) is 7.97. The molecule has 2 fully saturated rings. The second kappa shape index (κ2) is 11.3. The first kappa shape index (κ1) is 23.3. The van der Waals surface area contributed by atoms with E-state index in [0.29, 0.717) is 30.1 Å². The fourth-order valence-corrected chi connectivity index (χ4v) is 4.48. The molecule has 0 bridgehead atoms. The molecule has 0 spiro atoms. The molecule has 2 saturated heterocycles. The van der Waals surface area contributed by atoms with Gasteiger partial charge in [-0.2, -0.15) is 0 Å². The summed E-state index contributed by atoms with van der Waals surface area (Å²) < 4.78 is 10.8. The zero-order valence-electron chi connectivity index (χ0n) is 19.0. The molecular formula is C23H36N4O4. The standard InChI is InChI=1S/C23H36N4O4/c1-18(28)26-11-5-7-21(17-26)27(20-9-14-31-15-10-20)13-12-25(2)23(29)24-19-6-4-8-22(16-19)30-3/h4,6,8,16,20-21H,5,7,9-15,17H2,1-3H3,(H,24,29). The summed E-state index contributed by atoms with van der Waals surface area (Å²) in [4.78, 5) is 30.8. The lowest BCUT2D eigenvalue weighted by Crippen LogP contribution is -2.55. The molecule has 1 N–H and O–H groups in total. The maximum Gasteiger partial charge on any atom is 0.321 e. The lowest BCUT2D eigenvalue weighted by Gasteiger charge is -2.44. The van der Waals surface area contributed by atoms with Crippen LogP contribution in [0.5, 0.6) is 5.75 Å². The maximum absolute atomic E-state index is 12.7. The van der Waals surface area contributed by atoms with Gasteiger partial charge in [-0.25, -0.2) is 4.79 Å². The molecule has 0 saturated carbocycles. The highest BCUT2D eigenvalue weighted by Crippen LogP contribution is 2.23. The Bertz CT molecular complexity index is 738. The number of amides is 3. The van der Waals surface area contributed by atoms with Crippen LogP contribution in [-0.4, -0.2) is 92.3 Å². The smallest absolute Gasteiger partial charge is 0.321 e. The molecule has 1 atom stereocenters. The molecule has 8 heteroatoms. The summed E-state index contributed by atoms with van der Waals surface area (Å²) in [5.74, 6) is 0.852. The van der Waals surface area contributed by atoms with Crippen LogP contribution in [0, 0.1) is 0 Å². The number of nitrogens with one attached hydrogen (secondary N) is 1. The number of carbonyl (C=O) groups excluding carboxylic acids is 2. The number of carbonyl (C=O) groups is 2. The van der Waals surface area contributed by atoms with E-state index >= 15 is 0 Å². The van der Waals surface area contributed by atoms with E-state index in [1.165, 1.54) is 0 Å². The Balaban J connectivity index is 1.60.